The van der Waals surface area contributed by atoms with Crippen molar-refractivity contribution >= 4 is 39.5 Å². The van der Waals surface area contributed by atoms with Crippen molar-refractivity contribution in [2.24, 2.45) is 0 Å². The van der Waals surface area contributed by atoms with E-state index >= 15 is 0 Å². The zero-order valence-electron chi connectivity index (χ0n) is 65.2. The summed E-state index contributed by atoms with van der Waals surface area (Å²) in [5, 5.41) is 10.7. The summed E-state index contributed by atoms with van der Waals surface area (Å²) in [5.41, 5.74) is 0. The highest BCUT2D eigenvalue weighted by atomic mass is 31.2. The predicted molar refractivity (Wildman–Crippen MR) is 409 cm³/mol. The van der Waals surface area contributed by atoms with Crippen molar-refractivity contribution in [1.29, 1.82) is 0 Å². The van der Waals surface area contributed by atoms with Gasteiger partial charge in [0.05, 0.1) is 26.4 Å². The van der Waals surface area contributed by atoms with E-state index in [4.69, 9.17) is 37.0 Å². The van der Waals surface area contributed by atoms with E-state index in [1.165, 1.54) is 270 Å². The van der Waals surface area contributed by atoms with Crippen LogP contribution in [0, 0.1) is 0 Å². The Hall–Kier alpha value is -1.94. The van der Waals surface area contributed by atoms with Gasteiger partial charge in [-0.05, 0) is 25.7 Å². The van der Waals surface area contributed by atoms with Crippen LogP contribution in [0.15, 0.2) is 0 Å². The van der Waals surface area contributed by atoms with Gasteiger partial charge in [-0.1, -0.05) is 387 Å². The van der Waals surface area contributed by atoms with Crippen LogP contribution in [-0.4, -0.2) is 96.7 Å². The summed E-state index contributed by atoms with van der Waals surface area (Å²) in [7, 11) is -9.92. The van der Waals surface area contributed by atoms with Crippen molar-refractivity contribution in [3.05, 3.63) is 0 Å². The Bertz CT molecular complexity index is 1890. The van der Waals surface area contributed by atoms with E-state index in [1.54, 1.807) is 0 Å². The monoisotopic (exact) mass is 1470 g/mol. The second-order valence-electron chi connectivity index (χ2n) is 29.2. The molecule has 0 aromatic heterocycles. The van der Waals surface area contributed by atoms with E-state index in [0.717, 1.165) is 89.9 Å². The molecule has 0 amide bonds. The molecule has 100 heavy (non-hydrogen) atoms. The lowest BCUT2D eigenvalue weighted by Gasteiger charge is -2.21. The molecule has 0 fully saturated rings. The third-order valence-corrected chi connectivity index (χ3v) is 21.0. The number of ether oxygens (including phenoxy) is 4. The summed E-state index contributed by atoms with van der Waals surface area (Å²) in [6, 6.07) is 0. The minimum atomic E-state index is -4.96. The smallest absolute Gasteiger partial charge is 0.462 e. The zero-order valence-corrected chi connectivity index (χ0v) is 67.0. The number of carbonyl (C=O) groups is 4. The fourth-order valence-corrected chi connectivity index (χ4v) is 14.2. The van der Waals surface area contributed by atoms with Gasteiger partial charge >= 0.3 is 39.5 Å². The Morgan fingerprint density at radius 2 is 0.400 bits per heavy atom. The molecule has 0 heterocycles. The number of hydrogen-bond acceptors (Lipinski definition) is 15. The van der Waals surface area contributed by atoms with Crippen molar-refractivity contribution in [1.82, 2.24) is 0 Å². The van der Waals surface area contributed by atoms with Gasteiger partial charge < -0.3 is 33.8 Å². The van der Waals surface area contributed by atoms with Crippen LogP contribution >= 0.6 is 15.6 Å². The lowest BCUT2D eigenvalue weighted by molar-refractivity contribution is -0.161. The van der Waals surface area contributed by atoms with Gasteiger partial charge in [0, 0.05) is 25.7 Å². The van der Waals surface area contributed by atoms with Crippen molar-refractivity contribution in [2.45, 2.75) is 457 Å². The molecule has 0 radical (unpaired) electrons. The van der Waals surface area contributed by atoms with Gasteiger partial charge in [0.1, 0.15) is 19.3 Å². The number of rotatable bonds is 82. The number of aliphatic hydroxyl groups excluding tert-OH is 1. The van der Waals surface area contributed by atoms with E-state index in [0.29, 0.717) is 25.7 Å². The topological polar surface area (TPSA) is 237 Å². The van der Waals surface area contributed by atoms with Crippen LogP contribution in [0.4, 0.5) is 0 Å². The Labute approximate surface area is 613 Å². The van der Waals surface area contributed by atoms with Gasteiger partial charge in [-0.25, -0.2) is 9.13 Å². The van der Waals surface area contributed by atoms with Crippen LogP contribution < -0.4 is 0 Å². The molecular weight excluding hydrogens is 1310 g/mol. The third-order valence-electron chi connectivity index (χ3n) is 19.1. The van der Waals surface area contributed by atoms with Crippen LogP contribution in [0.3, 0.4) is 0 Å². The molecule has 17 nitrogen and oxygen atoms in total. The highest BCUT2D eigenvalue weighted by molar-refractivity contribution is 7.47. The summed E-state index contributed by atoms with van der Waals surface area (Å²) in [4.78, 5) is 73.1. The van der Waals surface area contributed by atoms with Gasteiger partial charge in [0.25, 0.3) is 0 Å². The number of carbonyl (C=O) groups excluding carboxylic acids is 4. The molecule has 0 aromatic carbocycles. The minimum Gasteiger partial charge on any atom is -0.462 e. The summed E-state index contributed by atoms with van der Waals surface area (Å²) in [5.74, 6) is -2.10. The molecule has 2 unspecified atom stereocenters. The Morgan fingerprint density at radius 3 is 0.590 bits per heavy atom. The van der Waals surface area contributed by atoms with E-state index in [2.05, 4.69) is 27.7 Å². The van der Waals surface area contributed by atoms with Crippen LogP contribution in [0.25, 0.3) is 0 Å². The van der Waals surface area contributed by atoms with Crippen LogP contribution in [0.2, 0.25) is 0 Å². The number of esters is 4. The van der Waals surface area contributed by atoms with E-state index in [9.17, 15) is 43.2 Å². The molecule has 0 aliphatic carbocycles. The minimum absolute atomic E-state index is 0.109. The molecule has 0 bridgehead atoms. The van der Waals surface area contributed by atoms with Crippen LogP contribution in [-0.2, 0) is 65.4 Å². The molecule has 594 valence electrons. The lowest BCUT2D eigenvalue weighted by Crippen LogP contribution is -2.30. The number of phosphoric acid groups is 2. The van der Waals surface area contributed by atoms with Crippen molar-refractivity contribution in [3.63, 3.8) is 0 Å². The highest BCUT2D eigenvalue weighted by Crippen LogP contribution is 2.45. The third kappa shape index (κ3) is 74.3. The number of hydrogen-bond donors (Lipinski definition) is 3. The molecule has 0 spiro atoms. The average Bonchev–Trinajstić information content (AvgIpc) is 1.22. The van der Waals surface area contributed by atoms with Gasteiger partial charge in [0.2, 0.25) is 0 Å². The van der Waals surface area contributed by atoms with Crippen LogP contribution in [0.5, 0.6) is 0 Å². The summed E-state index contributed by atoms with van der Waals surface area (Å²) >= 11 is 0. The fourth-order valence-electron chi connectivity index (χ4n) is 12.6. The van der Waals surface area contributed by atoms with Gasteiger partial charge in [-0.2, -0.15) is 0 Å². The van der Waals surface area contributed by atoms with E-state index in [-0.39, 0.29) is 25.7 Å². The molecular formula is C81H158O17P2. The molecule has 0 aromatic rings. The lowest BCUT2D eigenvalue weighted by atomic mass is 10.0. The Balaban J connectivity index is 5.26. The summed E-state index contributed by atoms with van der Waals surface area (Å²) < 4.78 is 68.8. The van der Waals surface area contributed by atoms with Gasteiger partial charge in [-0.15, -0.1) is 0 Å². The predicted octanol–water partition coefficient (Wildman–Crippen LogP) is 24.6. The first-order valence-electron chi connectivity index (χ1n) is 42.3. The Morgan fingerprint density at radius 1 is 0.240 bits per heavy atom. The van der Waals surface area contributed by atoms with Crippen molar-refractivity contribution in [3.8, 4) is 0 Å². The van der Waals surface area contributed by atoms with Crippen molar-refractivity contribution in [2.75, 3.05) is 39.6 Å². The quantitative estimate of drug-likeness (QED) is 0.0222. The van der Waals surface area contributed by atoms with E-state index in [1.807, 2.05) is 0 Å². The SMILES string of the molecule is CCCCCCCCCCCCCCCCCCCC(=O)O[C@H](COC(=O)CCCCCCCCCCCCCCCCC)COP(=O)(O)OC[C@@H](O)COP(=O)(O)OC[C@@H](COC(=O)CCCCCCCCCCCCCCC)OC(=O)CCCCCCCCCCCCCCCCC. The molecule has 0 saturated carbocycles. The fraction of sp³-hybridized carbons (Fsp3) is 0.951. The molecule has 3 N–H and O–H groups in total. The number of unbranched alkanes of at least 4 members (excludes halogenated alkanes) is 56. The summed E-state index contributed by atoms with van der Waals surface area (Å²) in [6.45, 7) is 5.04. The molecule has 0 aliphatic heterocycles. The standard InChI is InChI=1S/C81H158O17P2/c1-5-9-13-17-21-25-29-33-36-37-40-44-48-52-56-60-64-68-81(86)98-77(72-92-79(84)66-62-58-54-50-46-42-38-34-30-26-22-18-14-10-6-2)74-96-100(89,90)94-70-75(82)69-93-99(87,88)95-73-76(71-91-78(83)65-61-57-53-49-45-41-32-28-24-20-16-12-8-4)97-80(85)67-63-59-55-51-47-43-39-35-31-27-23-19-15-11-7-3/h75-77,82H,5-74H2,1-4H3,(H,87,88)(H,89,90)/t75-,76+,77+/m0/s1. The molecule has 0 saturated heterocycles. The van der Waals surface area contributed by atoms with E-state index < -0.39 is 97.5 Å². The van der Waals surface area contributed by atoms with Crippen molar-refractivity contribution < 1.29 is 80.2 Å². The molecule has 19 heteroatoms. The summed E-state index contributed by atoms with van der Waals surface area (Å²) in [6.07, 6.45) is 67.7. The second-order valence-corrected chi connectivity index (χ2v) is 32.1. The first-order chi connectivity index (χ1) is 48.7. The molecule has 5 atom stereocenters. The zero-order chi connectivity index (χ0) is 73.2. The average molecular weight is 1470 g/mol. The normalized spacial score (nSPS) is 13.8. The number of phosphoric ester groups is 2. The maximum absolute atomic E-state index is 13.1. The van der Waals surface area contributed by atoms with Gasteiger partial charge in [-0.3, -0.25) is 37.3 Å². The van der Waals surface area contributed by atoms with Gasteiger partial charge in [0.15, 0.2) is 12.2 Å². The maximum Gasteiger partial charge on any atom is 0.472 e. The second kappa shape index (κ2) is 75.3. The molecule has 0 aliphatic rings. The molecule has 0 rings (SSSR count). The first-order valence-corrected chi connectivity index (χ1v) is 45.3. The highest BCUT2D eigenvalue weighted by Gasteiger charge is 2.30. The largest absolute Gasteiger partial charge is 0.472 e. The first kappa shape index (κ1) is 98.1. The number of aliphatic hydroxyl groups is 1. The maximum atomic E-state index is 13.1. The van der Waals surface area contributed by atoms with Crippen LogP contribution in [0.1, 0.15) is 439 Å². The Kier molecular flexibility index (Phi) is 73.8.